The van der Waals surface area contributed by atoms with Gasteiger partial charge in [0.05, 0.1) is 10.9 Å². The Morgan fingerprint density at radius 2 is 1.73 bits per heavy atom. The maximum absolute atomic E-state index is 12.8. The predicted molar refractivity (Wildman–Crippen MR) is 84.9 cm³/mol. The van der Waals surface area contributed by atoms with Gasteiger partial charge < -0.3 is 10.2 Å². The molecule has 0 saturated carbocycles. The summed E-state index contributed by atoms with van der Waals surface area (Å²) in [5.74, 6) is 0. The van der Waals surface area contributed by atoms with E-state index in [0.29, 0.717) is 13.0 Å². The first-order valence-corrected chi connectivity index (χ1v) is 9.06. The van der Waals surface area contributed by atoms with E-state index in [9.17, 15) is 18.6 Å². The molecule has 1 aliphatic rings. The molecule has 1 atom stereocenters. The predicted octanol–water partition coefficient (Wildman–Crippen LogP) is 1.84. The van der Waals surface area contributed by atoms with Crippen molar-refractivity contribution in [1.29, 1.82) is 0 Å². The molecule has 1 aliphatic heterocycles. The number of benzene rings is 1. The second-order valence-corrected chi connectivity index (χ2v) is 8.76. The van der Waals surface area contributed by atoms with E-state index in [-0.39, 0.29) is 10.3 Å². The van der Waals surface area contributed by atoms with Crippen LogP contribution in [0, 0.1) is 0 Å². The molecule has 5 nitrogen and oxygen atoms in total. The number of aliphatic hydroxyl groups is 2. The molecule has 1 fully saturated rings. The third-order valence-electron chi connectivity index (χ3n) is 4.17. The summed E-state index contributed by atoms with van der Waals surface area (Å²) in [5.41, 5.74) is 1.01. The number of piperidine rings is 1. The maximum Gasteiger partial charge on any atom is 0.243 e. The maximum atomic E-state index is 12.8. The van der Waals surface area contributed by atoms with Gasteiger partial charge in [0, 0.05) is 6.54 Å². The summed E-state index contributed by atoms with van der Waals surface area (Å²) in [5, 5.41) is 18.9. The number of hydrogen-bond donors (Lipinski definition) is 2. The lowest BCUT2D eigenvalue weighted by Crippen LogP contribution is -2.49. The fourth-order valence-corrected chi connectivity index (χ4v) is 4.48. The zero-order valence-electron chi connectivity index (χ0n) is 13.4. The molecular weight excluding hydrogens is 302 g/mol. The standard InChI is InChI=1S/C16H25NO4S/c1-16(2,3)12-7-9-13(10-8-12)22(20,21)17-11-5-4-6-14(17)15(18)19/h7-10,14-15,18-19H,4-6,11H2,1-3H3/t14-/m0/s1. The van der Waals surface area contributed by atoms with Crippen molar-refractivity contribution >= 4 is 10.0 Å². The van der Waals surface area contributed by atoms with Crippen molar-refractivity contribution in [3.05, 3.63) is 29.8 Å². The summed E-state index contributed by atoms with van der Waals surface area (Å²) in [7, 11) is -3.71. The molecule has 0 spiro atoms. The fourth-order valence-electron chi connectivity index (χ4n) is 2.79. The molecule has 0 aliphatic carbocycles. The summed E-state index contributed by atoms with van der Waals surface area (Å²) >= 11 is 0. The Morgan fingerprint density at radius 1 is 1.14 bits per heavy atom. The molecule has 0 amide bonds. The van der Waals surface area contributed by atoms with E-state index in [1.807, 2.05) is 12.1 Å². The summed E-state index contributed by atoms with van der Waals surface area (Å²) in [6, 6.07) is 6.08. The molecule has 124 valence electrons. The molecule has 1 aromatic carbocycles. The SMILES string of the molecule is CC(C)(C)c1ccc(S(=O)(=O)N2CCCC[C@H]2C(O)O)cc1. The van der Waals surface area contributed by atoms with E-state index in [4.69, 9.17) is 0 Å². The van der Waals surface area contributed by atoms with Crippen LogP contribution in [-0.4, -0.2) is 41.8 Å². The van der Waals surface area contributed by atoms with Crippen LogP contribution >= 0.6 is 0 Å². The summed E-state index contributed by atoms with van der Waals surface area (Å²) in [6.45, 7) is 6.53. The Labute approximate surface area is 132 Å². The highest BCUT2D eigenvalue weighted by molar-refractivity contribution is 7.89. The zero-order chi connectivity index (χ0) is 16.5. The minimum atomic E-state index is -3.71. The minimum absolute atomic E-state index is 0.0444. The lowest BCUT2D eigenvalue weighted by molar-refractivity contribution is -0.0918. The van der Waals surface area contributed by atoms with Gasteiger partial charge in [0.2, 0.25) is 10.0 Å². The Bertz CT molecular complexity index is 602. The molecule has 0 radical (unpaired) electrons. The van der Waals surface area contributed by atoms with Crippen molar-refractivity contribution < 1.29 is 18.6 Å². The van der Waals surface area contributed by atoms with Crippen molar-refractivity contribution in [3.63, 3.8) is 0 Å². The summed E-state index contributed by atoms with van der Waals surface area (Å²) < 4.78 is 26.8. The van der Waals surface area contributed by atoms with Gasteiger partial charge in [-0.15, -0.1) is 0 Å². The van der Waals surface area contributed by atoms with Gasteiger partial charge in [-0.2, -0.15) is 4.31 Å². The molecule has 1 heterocycles. The van der Waals surface area contributed by atoms with Gasteiger partial charge in [-0.1, -0.05) is 39.3 Å². The summed E-state index contributed by atoms with van der Waals surface area (Å²) in [4.78, 5) is 0.202. The van der Waals surface area contributed by atoms with Gasteiger partial charge >= 0.3 is 0 Å². The average Bonchev–Trinajstić information content (AvgIpc) is 2.46. The van der Waals surface area contributed by atoms with E-state index >= 15 is 0 Å². The molecule has 2 N–H and O–H groups in total. The van der Waals surface area contributed by atoms with Gasteiger partial charge in [0.1, 0.15) is 0 Å². The first-order valence-electron chi connectivity index (χ1n) is 7.62. The van der Waals surface area contributed by atoms with E-state index in [1.54, 1.807) is 12.1 Å². The van der Waals surface area contributed by atoms with Crippen LogP contribution in [0.1, 0.15) is 45.6 Å². The molecule has 2 rings (SSSR count). The molecule has 1 saturated heterocycles. The van der Waals surface area contributed by atoms with Crippen molar-refractivity contribution in [3.8, 4) is 0 Å². The van der Waals surface area contributed by atoms with Crippen LogP contribution in [0.2, 0.25) is 0 Å². The molecule has 0 unspecified atom stereocenters. The smallest absolute Gasteiger partial charge is 0.243 e. The van der Waals surface area contributed by atoms with Crippen molar-refractivity contribution in [1.82, 2.24) is 4.31 Å². The third-order valence-corrected chi connectivity index (χ3v) is 6.11. The molecule has 6 heteroatoms. The first-order chi connectivity index (χ1) is 10.1. The fraction of sp³-hybridized carbons (Fsp3) is 0.625. The number of aliphatic hydroxyl groups excluding tert-OH is 1. The second kappa shape index (κ2) is 6.28. The van der Waals surface area contributed by atoms with E-state index < -0.39 is 22.4 Å². The van der Waals surface area contributed by atoms with Crippen LogP contribution in [0.25, 0.3) is 0 Å². The Kier molecular flexibility index (Phi) is 4.96. The lowest BCUT2D eigenvalue weighted by atomic mass is 9.87. The number of sulfonamides is 1. The van der Waals surface area contributed by atoms with E-state index in [1.165, 1.54) is 4.31 Å². The van der Waals surface area contributed by atoms with Crippen LogP contribution in [0.3, 0.4) is 0 Å². The van der Waals surface area contributed by atoms with Crippen LogP contribution in [0.15, 0.2) is 29.2 Å². The Hall–Kier alpha value is -0.950. The minimum Gasteiger partial charge on any atom is -0.367 e. The van der Waals surface area contributed by atoms with Gasteiger partial charge in [-0.25, -0.2) is 8.42 Å². The zero-order valence-corrected chi connectivity index (χ0v) is 14.2. The van der Waals surface area contributed by atoms with Crippen LogP contribution in [0.5, 0.6) is 0 Å². The highest BCUT2D eigenvalue weighted by Crippen LogP contribution is 2.28. The quantitative estimate of drug-likeness (QED) is 0.831. The molecular formula is C16H25NO4S. The molecule has 0 bridgehead atoms. The molecule has 22 heavy (non-hydrogen) atoms. The van der Waals surface area contributed by atoms with Gasteiger partial charge in [0.25, 0.3) is 0 Å². The molecule has 1 aromatic rings. The number of hydrogen-bond acceptors (Lipinski definition) is 4. The number of nitrogens with zero attached hydrogens (tertiary/aromatic N) is 1. The van der Waals surface area contributed by atoms with Gasteiger partial charge in [0.15, 0.2) is 6.29 Å². The second-order valence-electron chi connectivity index (χ2n) is 6.87. The Balaban J connectivity index is 2.33. The topological polar surface area (TPSA) is 77.8 Å². The van der Waals surface area contributed by atoms with Gasteiger partial charge in [-0.3, -0.25) is 0 Å². The van der Waals surface area contributed by atoms with E-state index in [2.05, 4.69) is 20.8 Å². The third kappa shape index (κ3) is 3.51. The molecule has 0 aromatic heterocycles. The highest BCUT2D eigenvalue weighted by atomic mass is 32.2. The monoisotopic (exact) mass is 327 g/mol. The van der Waals surface area contributed by atoms with Crippen molar-refractivity contribution in [2.45, 2.75) is 62.7 Å². The largest absolute Gasteiger partial charge is 0.367 e. The average molecular weight is 327 g/mol. The van der Waals surface area contributed by atoms with Gasteiger partial charge in [-0.05, 0) is 36.0 Å². The van der Waals surface area contributed by atoms with Crippen LogP contribution in [-0.2, 0) is 15.4 Å². The first kappa shape index (κ1) is 17.4. The van der Waals surface area contributed by atoms with Crippen molar-refractivity contribution in [2.75, 3.05) is 6.54 Å². The number of rotatable bonds is 3. The highest BCUT2D eigenvalue weighted by Gasteiger charge is 2.36. The van der Waals surface area contributed by atoms with Crippen molar-refractivity contribution in [2.24, 2.45) is 0 Å². The van der Waals surface area contributed by atoms with Crippen LogP contribution < -0.4 is 0 Å². The van der Waals surface area contributed by atoms with E-state index in [0.717, 1.165) is 18.4 Å². The summed E-state index contributed by atoms with van der Waals surface area (Å²) in [6.07, 6.45) is 0.362. The van der Waals surface area contributed by atoms with Crippen LogP contribution in [0.4, 0.5) is 0 Å². The normalized spacial score (nSPS) is 21.3. The lowest BCUT2D eigenvalue weighted by Gasteiger charge is -2.35. The Morgan fingerprint density at radius 3 is 2.23 bits per heavy atom.